The highest BCUT2D eigenvalue weighted by molar-refractivity contribution is 6.35. The van der Waals surface area contributed by atoms with E-state index in [4.69, 9.17) is 28.9 Å². The summed E-state index contributed by atoms with van der Waals surface area (Å²) in [6.07, 6.45) is -0.101. The Kier molecular flexibility index (Phi) is 4.00. The van der Waals surface area contributed by atoms with E-state index in [0.29, 0.717) is 28.6 Å². The van der Waals surface area contributed by atoms with Gasteiger partial charge in [-0.15, -0.1) is 0 Å². The van der Waals surface area contributed by atoms with Crippen molar-refractivity contribution in [3.8, 4) is 0 Å². The van der Waals surface area contributed by atoms with Crippen LogP contribution in [0, 0.1) is 0 Å². The first-order chi connectivity index (χ1) is 6.15. The molecule has 2 nitrogen and oxygen atoms in total. The lowest BCUT2D eigenvalue weighted by molar-refractivity contribution is 0.170. The van der Waals surface area contributed by atoms with Crippen LogP contribution in [0.4, 0.5) is 0 Å². The molecule has 0 spiro atoms. The Morgan fingerprint density at radius 2 is 2.08 bits per heavy atom. The van der Waals surface area contributed by atoms with E-state index >= 15 is 0 Å². The van der Waals surface area contributed by atoms with Gasteiger partial charge >= 0.3 is 0 Å². The van der Waals surface area contributed by atoms with Crippen molar-refractivity contribution in [3.05, 3.63) is 33.8 Å². The molecule has 1 aromatic carbocycles. The quantitative estimate of drug-likeness (QED) is 0.821. The third-order valence-corrected chi connectivity index (χ3v) is 2.32. The first-order valence-electron chi connectivity index (χ1n) is 3.98. The second kappa shape index (κ2) is 4.82. The lowest BCUT2D eigenvalue weighted by Gasteiger charge is -2.11. The third-order valence-electron chi connectivity index (χ3n) is 1.76. The molecule has 0 saturated heterocycles. The van der Waals surface area contributed by atoms with E-state index in [1.807, 2.05) is 0 Å². The van der Waals surface area contributed by atoms with Crippen molar-refractivity contribution in [2.45, 2.75) is 12.5 Å². The summed E-state index contributed by atoms with van der Waals surface area (Å²) in [5.74, 6) is 0. The maximum absolute atomic E-state index is 9.58. The van der Waals surface area contributed by atoms with E-state index in [2.05, 4.69) is 0 Å². The van der Waals surface area contributed by atoms with Gasteiger partial charge < -0.3 is 10.8 Å². The van der Waals surface area contributed by atoms with Gasteiger partial charge in [0, 0.05) is 10.0 Å². The highest BCUT2D eigenvalue weighted by Crippen LogP contribution is 2.27. The summed E-state index contributed by atoms with van der Waals surface area (Å²) in [6, 6.07) is 5.02. The average Bonchev–Trinajstić information content (AvgIpc) is 2.04. The number of rotatable bonds is 3. The number of hydrogen-bond acceptors (Lipinski definition) is 2. The summed E-state index contributed by atoms with van der Waals surface area (Å²) in [7, 11) is 0. The lowest BCUT2D eigenvalue weighted by Crippen LogP contribution is -2.06. The van der Waals surface area contributed by atoms with E-state index in [1.165, 1.54) is 0 Å². The highest BCUT2D eigenvalue weighted by atomic mass is 35.5. The average molecular weight is 220 g/mol. The summed E-state index contributed by atoms with van der Waals surface area (Å²) < 4.78 is 0. The Balaban J connectivity index is 2.88. The van der Waals surface area contributed by atoms with Crippen molar-refractivity contribution < 1.29 is 5.11 Å². The molecule has 4 heteroatoms. The van der Waals surface area contributed by atoms with Crippen LogP contribution in [-0.2, 0) is 0 Å². The normalized spacial score (nSPS) is 12.9. The Labute approximate surface area is 87.3 Å². The second-order valence-electron chi connectivity index (χ2n) is 2.76. The van der Waals surface area contributed by atoms with Crippen LogP contribution in [-0.4, -0.2) is 11.7 Å². The van der Waals surface area contributed by atoms with Gasteiger partial charge in [0.05, 0.1) is 6.10 Å². The first kappa shape index (κ1) is 10.8. The SMILES string of the molecule is NCC[C@@H](O)c1ccc(Cl)cc1Cl. The minimum atomic E-state index is -0.602. The highest BCUT2D eigenvalue weighted by Gasteiger charge is 2.10. The van der Waals surface area contributed by atoms with Crippen LogP contribution in [0.15, 0.2) is 18.2 Å². The Morgan fingerprint density at radius 1 is 1.38 bits per heavy atom. The monoisotopic (exact) mass is 219 g/mol. The summed E-state index contributed by atoms with van der Waals surface area (Å²) in [5, 5.41) is 10.6. The van der Waals surface area contributed by atoms with Crippen molar-refractivity contribution in [1.29, 1.82) is 0 Å². The zero-order chi connectivity index (χ0) is 9.84. The molecular weight excluding hydrogens is 209 g/mol. The fourth-order valence-corrected chi connectivity index (χ4v) is 1.62. The molecule has 3 N–H and O–H groups in total. The first-order valence-corrected chi connectivity index (χ1v) is 4.74. The molecule has 0 aliphatic heterocycles. The molecule has 0 aliphatic carbocycles. The third kappa shape index (κ3) is 2.85. The van der Waals surface area contributed by atoms with Gasteiger partial charge in [0.25, 0.3) is 0 Å². The molecule has 0 bridgehead atoms. The fraction of sp³-hybridized carbons (Fsp3) is 0.333. The number of aliphatic hydroxyl groups is 1. The van der Waals surface area contributed by atoms with Crippen LogP contribution in [0.5, 0.6) is 0 Å². The minimum Gasteiger partial charge on any atom is -0.388 e. The van der Waals surface area contributed by atoms with Crippen molar-refractivity contribution in [1.82, 2.24) is 0 Å². The Hall–Kier alpha value is -0.280. The molecular formula is C9H11Cl2NO. The standard InChI is InChI=1S/C9H11Cl2NO/c10-6-1-2-7(8(11)5-6)9(13)3-4-12/h1-2,5,9,13H,3-4,12H2/t9-/m1/s1. The lowest BCUT2D eigenvalue weighted by atomic mass is 10.1. The molecule has 1 atom stereocenters. The predicted octanol–water partition coefficient (Wildman–Crippen LogP) is 2.38. The van der Waals surface area contributed by atoms with Crippen molar-refractivity contribution in [2.75, 3.05) is 6.54 Å². The summed E-state index contributed by atoms with van der Waals surface area (Å²) in [4.78, 5) is 0. The van der Waals surface area contributed by atoms with E-state index < -0.39 is 6.10 Å². The second-order valence-corrected chi connectivity index (χ2v) is 3.60. The molecule has 0 fully saturated rings. The molecule has 72 valence electrons. The van der Waals surface area contributed by atoms with Gasteiger partial charge in [-0.2, -0.15) is 0 Å². The van der Waals surface area contributed by atoms with Gasteiger partial charge in [-0.1, -0.05) is 29.3 Å². The Bertz CT molecular complexity index is 291. The molecule has 0 aliphatic rings. The predicted molar refractivity (Wildman–Crippen MR) is 55.1 cm³/mol. The molecule has 1 rings (SSSR count). The number of benzene rings is 1. The van der Waals surface area contributed by atoms with Gasteiger partial charge in [0.15, 0.2) is 0 Å². The van der Waals surface area contributed by atoms with E-state index in [1.54, 1.807) is 18.2 Å². The molecule has 1 aromatic rings. The van der Waals surface area contributed by atoms with Crippen LogP contribution in [0.25, 0.3) is 0 Å². The molecule has 0 radical (unpaired) electrons. The largest absolute Gasteiger partial charge is 0.388 e. The van der Waals surface area contributed by atoms with E-state index in [0.717, 1.165) is 0 Å². The number of hydrogen-bond donors (Lipinski definition) is 2. The van der Waals surface area contributed by atoms with Gasteiger partial charge in [0.1, 0.15) is 0 Å². The molecule has 0 heterocycles. The summed E-state index contributed by atoms with van der Waals surface area (Å²) in [6.45, 7) is 0.431. The van der Waals surface area contributed by atoms with E-state index in [9.17, 15) is 5.11 Å². The number of halogens is 2. The van der Waals surface area contributed by atoms with Crippen molar-refractivity contribution in [3.63, 3.8) is 0 Å². The van der Waals surface area contributed by atoms with Gasteiger partial charge in [-0.3, -0.25) is 0 Å². The molecule has 0 amide bonds. The maximum atomic E-state index is 9.58. The zero-order valence-corrected chi connectivity index (χ0v) is 8.52. The number of aliphatic hydroxyl groups excluding tert-OH is 1. The van der Waals surface area contributed by atoms with Gasteiger partial charge in [-0.25, -0.2) is 0 Å². The van der Waals surface area contributed by atoms with Crippen LogP contribution < -0.4 is 5.73 Å². The molecule has 0 unspecified atom stereocenters. The van der Waals surface area contributed by atoms with Gasteiger partial charge in [-0.05, 0) is 30.7 Å². The minimum absolute atomic E-state index is 0.431. The van der Waals surface area contributed by atoms with Crippen LogP contribution >= 0.6 is 23.2 Å². The maximum Gasteiger partial charge on any atom is 0.0816 e. The van der Waals surface area contributed by atoms with Gasteiger partial charge in [0.2, 0.25) is 0 Å². The zero-order valence-electron chi connectivity index (χ0n) is 7.00. The molecule has 0 aromatic heterocycles. The number of nitrogens with two attached hydrogens (primary N) is 1. The smallest absolute Gasteiger partial charge is 0.0816 e. The molecule has 0 saturated carbocycles. The summed E-state index contributed by atoms with van der Waals surface area (Å²) in [5.41, 5.74) is 5.99. The van der Waals surface area contributed by atoms with E-state index in [-0.39, 0.29) is 0 Å². The topological polar surface area (TPSA) is 46.2 Å². The van der Waals surface area contributed by atoms with Crippen molar-refractivity contribution in [2.24, 2.45) is 5.73 Å². The molecule has 13 heavy (non-hydrogen) atoms. The van der Waals surface area contributed by atoms with Crippen LogP contribution in [0.2, 0.25) is 10.0 Å². The Morgan fingerprint density at radius 3 is 2.62 bits per heavy atom. The van der Waals surface area contributed by atoms with Crippen LogP contribution in [0.1, 0.15) is 18.1 Å². The fourth-order valence-electron chi connectivity index (χ4n) is 1.09. The summed E-state index contributed by atoms with van der Waals surface area (Å²) >= 11 is 11.6. The van der Waals surface area contributed by atoms with Crippen LogP contribution in [0.3, 0.4) is 0 Å². The van der Waals surface area contributed by atoms with Crippen molar-refractivity contribution >= 4 is 23.2 Å².